The van der Waals surface area contributed by atoms with Crippen LogP contribution in [0.3, 0.4) is 0 Å². The van der Waals surface area contributed by atoms with Crippen LogP contribution in [0.5, 0.6) is 0 Å². The molecule has 52 heavy (non-hydrogen) atoms. The summed E-state index contributed by atoms with van der Waals surface area (Å²) < 4.78 is 2.39. The van der Waals surface area contributed by atoms with Gasteiger partial charge in [0.1, 0.15) is 0 Å². The zero-order chi connectivity index (χ0) is 34.8. The van der Waals surface area contributed by atoms with E-state index in [-0.39, 0.29) is 5.41 Å². The predicted molar refractivity (Wildman–Crippen MR) is 216 cm³/mol. The zero-order valence-corrected chi connectivity index (χ0v) is 29.1. The monoisotopic (exact) mass is 665 g/mol. The topological polar surface area (TPSA) is 30.7 Å². The fourth-order valence-corrected chi connectivity index (χ4v) is 8.24. The SMILES string of the molecule is CC1(C)c2cc(-c3ccc(-c4ccc(-c5ccncc5)nc4)cc3)ccc2-c2ccc(-c3cccc(-n4c5ccccc5c5ccccc54)c3)cc21. The van der Waals surface area contributed by atoms with Gasteiger partial charge in [-0.25, -0.2) is 0 Å². The summed E-state index contributed by atoms with van der Waals surface area (Å²) in [4.78, 5) is 8.83. The summed E-state index contributed by atoms with van der Waals surface area (Å²) >= 11 is 0. The van der Waals surface area contributed by atoms with Crippen molar-refractivity contribution in [3.63, 3.8) is 0 Å². The van der Waals surface area contributed by atoms with Gasteiger partial charge < -0.3 is 4.57 Å². The Balaban J connectivity index is 0.957. The van der Waals surface area contributed by atoms with Crippen molar-refractivity contribution >= 4 is 21.8 Å². The molecule has 0 N–H and O–H groups in total. The highest BCUT2D eigenvalue weighted by Crippen LogP contribution is 2.51. The third-order valence-electron chi connectivity index (χ3n) is 11.0. The molecule has 0 fully saturated rings. The number of pyridine rings is 2. The lowest BCUT2D eigenvalue weighted by atomic mass is 9.81. The number of nitrogens with zero attached hydrogens (tertiary/aromatic N) is 3. The summed E-state index contributed by atoms with van der Waals surface area (Å²) in [5.41, 5.74) is 18.1. The Bertz CT molecular complexity index is 2740. The first kappa shape index (κ1) is 30.3. The van der Waals surface area contributed by atoms with Gasteiger partial charge in [0.05, 0.1) is 16.7 Å². The maximum atomic E-state index is 4.72. The average molecular weight is 666 g/mol. The molecule has 0 saturated heterocycles. The van der Waals surface area contributed by atoms with Crippen molar-refractivity contribution in [3.05, 3.63) is 187 Å². The van der Waals surface area contributed by atoms with Gasteiger partial charge in [-0.3, -0.25) is 9.97 Å². The van der Waals surface area contributed by atoms with Crippen molar-refractivity contribution in [3.8, 4) is 61.5 Å². The molecule has 9 aromatic rings. The largest absolute Gasteiger partial charge is 0.309 e. The van der Waals surface area contributed by atoms with E-state index < -0.39 is 0 Å². The quantitative estimate of drug-likeness (QED) is 0.183. The van der Waals surface area contributed by atoms with Crippen LogP contribution >= 0.6 is 0 Å². The van der Waals surface area contributed by atoms with Gasteiger partial charge in [-0.15, -0.1) is 0 Å². The van der Waals surface area contributed by atoms with Crippen LogP contribution in [0.15, 0.2) is 176 Å². The molecule has 0 bridgehead atoms. The Morgan fingerprint density at radius 2 is 0.981 bits per heavy atom. The van der Waals surface area contributed by atoms with E-state index in [0.29, 0.717) is 0 Å². The molecule has 3 nitrogen and oxygen atoms in total. The van der Waals surface area contributed by atoms with Crippen LogP contribution in [0, 0.1) is 0 Å². The summed E-state index contributed by atoms with van der Waals surface area (Å²) in [6.07, 6.45) is 5.55. The highest BCUT2D eigenvalue weighted by atomic mass is 15.0. The lowest BCUT2D eigenvalue weighted by molar-refractivity contribution is 0.661. The first-order valence-corrected chi connectivity index (χ1v) is 17.9. The Morgan fingerprint density at radius 1 is 0.442 bits per heavy atom. The van der Waals surface area contributed by atoms with Gasteiger partial charge in [-0.1, -0.05) is 117 Å². The van der Waals surface area contributed by atoms with Crippen molar-refractivity contribution in [2.24, 2.45) is 0 Å². The van der Waals surface area contributed by atoms with Crippen LogP contribution in [0.2, 0.25) is 0 Å². The van der Waals surface area contributed by atoms with E-state index >= 15 is 0 Å². The third kappa shape index (κ3) is 4.81. The molecule has 0 radical (unpaired) electrons. The number of benzene rings is 6. The summed E-state index contributed by atoms with van der Waals surface area (Å²) in [5.74, 6) is 0. The van der Waals surface area contributed by atoms with Crippen molar-refractivity contribution in [2.75, 3.05) is 0 Å². The van der Waals surface area contributed by atoms with E-state index in [4.69, 9.17) is 4.98 Å². The molecule has 1 aliphatic carbocycles. The smallest absolute Gasteiger partial charge is 0.0703 e. The molecule has 3 heterocycles. The highest BCUT2D eigenvalue weighted by Gasteiger charge is 2.36. The Morgan fingerprint density at radius 3 is 1.60 bits per heavy atom. The summed E-state index contributed by atoms with van der Waals surface area (Å²) in [5, 5.41) is 2.56. The minimum Gasteiger partial charge on any atom is -0.309 e. The molecular formula is C49H35N3. The molecule has 1 aliphatic rings. The fourth-order valence-electron chi connectivity index (χ4n) is 8.24. The van der Waals surface area contributed by atoms with E-state index in [1.165, 1.54) is 72.0 Å². The number of fused-ring (bicyclic) bond motifs is 6. The minimum atomic E-state index is -0.136. The van der Waals surface area contributed by atoms with Crippen LogP contribution < -0.4 is 0 Å². The van der Waals surface area contributed by atoms with Crippen LogP contribution in [0.4, 0.5) is 0 Å². The molecule has 10 rings (SSSR count). The average Bonchev–Trinajstić information content (AvgIpc) is 3.66. The van der Waals surface area contributed by atoms with Crippen LogP contribution in [0.25, 0.3) is 83.3 Å². The number of aromatic nitrogens is 3. The van der Waals surface area contributed by atoms with Gasteiger partial charge in [0.15, 0.2) is 0 Å². The second-order valence-corrected chi connectivity index (χ2v) is 14.3. The maximum absolute atomic E-state index is 4.72. The number of hydrogen-bond acceptors (Lipinski definition) is 2. The van der Waals surface area contributed by atoms with E-state index in [1.807, 2.05) is 18.3 Å². The van der Waals surface area contributed by atoms with Crippen molar-refractivity contribution in [2.45, 2.75) is 19.3 Å². The predicted octanol–water partition coefficient (Wildman–Crippen LogP) is 12.5. The maximum Gasteiger partial charge on any atom is 0.0703 e. The van der Waals surface area contributed by atoms with Crippen LogP contribution in [-0.4, -0.2) is 14.5 Å². The van der Waals surface area contributed by atoms with Gasteiger partial charge >= 0.3 is 0 Å². The first-order chi connectivity index (χ1) is 25.5. The van der Waals surface area contributed by atoms with Crippen LogP contribution in [-0.2, 0) is 5.41 Å². The summed E-state index contributed by atoms with van der Waals surface area (Å²) in [7, 11) is 0. The third-order valence-corrected chi connectivity index (χ3v) is 11.0. The van der Waals surface area contributed by atoms with E-state index in [0.717, 1.165) is 22.4 Å². The van der Waals surface area contributed by atoms with E-state index in [9.17, 15) is 0 Å². The summed E-state index contributed by atoms with van der Waals surface area (Å²) in [6, 6.07) is 57.5. The molecular weight excluding hydrogens is 631 g/mol. The van der Waals surface area contributed by atoms with Crippen molar-refractivity contribution < 1.29 is 0 Å². The zero-order valence-electron chi connectivity index (χ0n) is 29.1. The van der Waals surface area contributed by atoms with Gasteiger partial charge in [0.25, 0.3) is 0 Å². The fraction of sp³-hybridized carbons (Fsp3) is 0.0612. The molecule has 3 heteroatoms. The summed E-state index contributed by atoms with van der Waals surface area (Å²) in [6.45, 7) is 4.73. The lowest BCUT2D eigenvalue weighted by Gasteiger charge is -2.23. The Kier molecular flexibility index (Phi) is 6.84. The number of hydrogen-bond donors (Lipinski definition) is 0. The minimum absolute atomic E-state index is 0.136. The van der Waals surface area contributed by atoms with Gasteiger partial charge in [-0.05, 0) is 105 Å². The Labute approximate surface area is 303 Å². The van der Waals surface area contributed by atoms with Crippen molar-refractivity contribution in [1.82, 2.24) is 14.5 Å². The van der Waals surface area contributed by atoms with E-state index in [2.05, 4.69) is 169 Å². The second-order valence-electron chi connectivity index (χ2n) is 14.3. The molecule has 0 amide bonds. The van der Waals surface area contributed by atoms with Crippen LogP contribution in [0.1, 0.15) is 25.0 Å². The van der Waals surface area contributed by atoms with Gasteiger partial charge in [-0.2, -0.15) is 0 Å². The molecule has 0 saturated carbocycles. The molecule has 3 aromatic heterocycles. The van der Waals surface area contributed by atoms with Gasteiger partial charge in [0, 0.05) is 51.6 Å². The second kappa shape index (κ2) is 11.8. The molecule has 246 valence electrons. The normalized spacial score (nSPS) is 13.0. The standard InChI is InChI=1S/C49H35N3/c1-49(2)44-29-36(32-14-16-33(17-15-32)38-20-23-46(51-31-38)34-24-26-50-27-25-34)18-21-40(44)41-22-19-37(30-45(41)49)35-8-7-9-39(28-35)52-47-12-5-3-10-42(47)43-11-4-6-13-48(43)52/h3-31H,1-2H3. The molecule has 6 aromatic carbocycles. The molecule has 0 atom stereocenters. The number of para-hydroxylation sites is 2. The lowest BCUT2D eigenvalue weighted by Crippen LogP contribution is -2.15. The molecule has 0 spiro atoms. The highest BCUT2D eigenvalue weighted by molar-refractivity contribution is 6.09. The molecule has 0 aliphatic heterocycles. The number of rotatable bonds is 5. The van der Waals surface area contributed by atoms with Gasteiger partial charge in [0.2, 0.25) is 0 Å². The molecule has 0 unspecified atom stereocenters. The Hall–Kier alpha value is -6.58. The van der Waals surface area contributed by atoms with Crippen molar-refractivity contribution in [1.29, 1.82) is 0 Å². The van der Waals surface area contributed by atoms with E-state index in [1.54, 1.807) is 12.4 Å². The first-order valence-electron chi connectivity index (χ1n) is 17.9.